The van der Waals surface area contributed by atoms with Gasteiger partial charge in [-0.3, -0.25) is 0 Å². The number of nitrogens with zero attached hydrogens (tertiary/aromatic N) is 2. The Labute approximate surface area is 106 Å². The lowest BCUT2D eigenvalue weighted by Crippen LogP contribution is -2.30. The van der Waals surface area contributed by atoms with Gasteiger partial charge in [-0.25, -0.2) is 4.79 Å². The van der Waals surface area contributed by atoms with Gasteiger partial charge in [0, 0.05) is 5.56 Å². The van der Waals surface area contributed by atoms with E-state index in [0.717, 1.165) is 0 Å². The van der Waals surface area contributed by atoms with Crippen LogP contribution < -0.4 is 4.74 Å². The van der Waals surface area contributed by atoms with Gasteiger partial charge in [0.2, 0.25) is 5.88 Å². The van der Waals surface area contributed by atoms with Crippen LogP contribution in [0, 0.1) is 12.3 Å². The Kier molecular flexibility index (Phi) is 3.11. The summed E-state index contributed by atoms with van der Waals surface area (Å²) in [6.45, 7) is 0.988. The Morgan fingerprint density at radius 1 is 1.47 bits per heavy atom. The van der Waals surface area contributed by atoms with Crippen molar-refractivity contribution in [3.63, 3.8) is 0 Å². The zero-order chi connectivity index (χ0) is 14.3. The number of carbonyl (C=O) groups is 1. The summed E-state index contributed by atoms with van der Waals surface area (Å²) >= 11 is 0. The van der Waals surface area contributed by atoms with Crippen LogP contribution in [0.5, 0.6) is 5.88 Å². The van der Waals surface area contributed by atoms with Crippen molar-refractivity contribution >= 4 is 5.97 Å². The molecule has 0 atom stereocenters. The van der Waals surface area contributed by atoms with Gasteiger partial charge in [0.25, 0.3) is 0 Å². The minimum Gasteiger partial charge on any atom is -0.476 e. The summed E-state index contributed by atoms with van der Waals surface area (Å²) in [4.78, 5) is 10.6. The molecule has 8 heteroatoms. The first-order valence-corrected chi connectivity index (χ1v) is 5.52. The molecule has 0 aliphatic heterocycles. The van der Waals surface area contributed by atoms with E-state index in [2.05, 4.69) is 10.2 Å². The van der Waals surface area contributed by atoms with Crippen LogP contribution in [-0.2, 0) is 0 Å². The molecule has 1 aromatic rings. The quantitative estimate of drug-likeness (QED) is 0.912. The van der Waals surface area contributed by atoms with E-state index >= 15 is 0 Å². The number of aryl methyl sites for hydroxylation is 1. The zero-order valence-electron chi connectivity index (χ0n) is 9.99. The standard InChI is InChI=1S/C11H11F3N2O3/c1-6-4-7(9(17)18)15-16-8(6)19-5-10(2-3-10)11(12,13)14/h4H,2-3,5H2,1H3,(H,17,18). The van der Waals surface area contributed by atoms with Gasteiger partial charge in [-0.15, -0.1) is 10.2 Å². The monoisotopic (exact) mass is 276 g/mol. The molecule has 5 nitrogen and oxygen atoms in total. The fraction of sp³-hybridized carbons (Fsp3) is 0.545. The number of halogens is 3. The highest BCUT2D eigenvalue weighted by molar-refractivity contribution is 5.85. The van der Waals surface area contributed by atoms with Crippen molar-refractivity contribution in [3.05, 3.63) is 17.3 Å². The molecule has 1 saturated carbocycles. The van der Waals surface area contributed by atoms with Gasteiger partial charge in [-0.2, -0.15) is 13.2 Å². The number of alkyl halides is 3. The molecule has 0 radical (unpaired) electrons. The second kappa shape index (κ2) is 4.36. The van der Waals surface area contributed by atoms with E-state index < -0.39 is 24.2 Å². The molecule has 104 valence electrons. The molecule has 0 bridgehead atoms. The normalized spacial score (nSPS) is 17.1. The highest BCUT2D eigenvalue weighted by Gasteiger charge is 2.64. The van der Waals surface area contributed by atoms with E-state index in [4.69, 9.17) is 9.84 Å². The first-order valence-electron chi connectivity index (χ1n) is 5.52. The van der Waals surface area contributed by atoms with Gasteiger partial charge in [0.1, 0.15) is 12.0 Å². The minimum absolute atomic E-state index is 0.0379. The third-order valence-corrected chi connectivity index (χ3v) is 3.10. The number of carboxylic acid groups (broad SMARTS) is 1. The average molecular weight is 276 g/mol. The molecule has 0 unspecified atom stereocenters. The van der Waals surface area contributed by atoms with Gasteiger partial charge >= 0.3 is 12.1 Å². The van der Waals surface area contributed by atoms with E-state index in [1.54, 1.807) is 0 Å². The highest BCUT2D eigenvalue weighted by Crippen LogP contribution is 2.57. The topological polar surface area (TPSA) is 72.3 Å². The maximum absolute atomic E-state index is 12.7. The molecule has 1 aliphatic rings. The molecule has 1 heterocycles. The van der Waals surface area contributed by atoms with Crippen LogP contribution in [0.2, 0.25) is 0 Å². The van der Waals surface area contributed by atoms with E-state index in [9.17, 15) is 18.0 Å². The SMILES string of the molecule is Cc1cc(C(=O)O)nnc1OCC1(C(F)(F)F)CC1. The number of aromatic carboxylic acids is 1. The maximum Gasteiger partial charge on any atom is 0.397 e. The molecule has 0 aromatic carbocycles. The summed E-state index contributed by atoms with van der Waals surface area (Å²) < 4.78 is 43.1. The van der Waals surface area contributed by atoms with Gasteiger partial charge in [0.15, 0.2) is 5.69 Å². The predicted octanol–water partition coefficient (Wildman–Crippen LogP) is 2.20. The van der Waals surface area contributed by atoms with Crippen molar-refractivity contribution in [1.29, 1.82) is 0 Å². The number of carboxylic acids is 1. The van der Waals surface area contributed by atoms with E-state index in [0.29, 0.717) is 5.56 Å². The third kappa shape index (κ3) is 2.61. The van der Waals surface area contributed by atoms with E-state index in [1.807, 2.05) is 0 Å². The Bertz CT molecular complexity index is 512. The summed E-state index contributed by atoms with van der Waals surface area (Å²) in [6.07, 6.45) is -4.22. The molecule has 1 N–H and O–H groups in total. The molecule has 19 heavy (non-hydrogen) atoms. The zero-order valence-corrected chi connectivity index (χ0v) is 9.99. The van der Waals surface area contributed by atoms with Crippen molar-refractivity contribution in [2.24, 2.45) is 5.41 Å². The van der Waals surface area contributed by atoms with Crippen LogP contribution >= 0.6 is 0 Å². The number of hydrogen-bond donors (Lipinski definition) is 1. The summed E-state index contributed by atoms with van der Waals surface area (Å²) in [7, 11) is 0. The molecule has 1 fully saturated rings. The lowest BCUT2D eigenvalue weighted by Gasteiger charge is -2.19. The summed E-state index contributed by atoms with van der Waals surface area (Å²) in [6, 6.07) is 1.21. The Hall–Kier alpha value is -1.86. The fourth-order valence-electron chi connectivity index (χ4n) is 1.59. The van der Waals surface area contributed by atoms with Crippen molar-refractivity contribution in [3.8, 4) is 5.88 Å². The number of hydrogen-bond acceptors (Lipinski definition) is 4. The summed E-state index contributed by atoms with van der Waals surface area (Å²) in [5.41, 5.74) is -1.72. The lowest BCUT2D eigenvalue weighted by atomic mass is 10.1. The molecule has 0 amide bonds. The largest absolute Gasteiger partial charge is 0.476 e. The van der Waals surface area contributed by atoms with Gasteiger partial charge in [0.05, 0.1) is 0 Å². The third-order valence-electron chi connectivity index (χ3n) is 3.10. The van der Waals surface area contributed by atoms with Crippen molar-refractivity contribution in [2.45, 2.75) is 25.9 Å². The van der Waals surface area contributed by atoms with Crippen LogP contribution in [0.15, 0.2) is 6.07 Å². The molecular formula is C11H11F3N2O3. The molecule has 0 spiro atoms. The van der Waals surface area contributed by atoms with Crippen molar-refractivity contribution < 1.29 is 27.8 Å². The number of aromatic nitrogens is 2. The Morgan fingerprint density at radius 3 is 2.53 bits per heavy atom. The summed E-state index contributed by atoms with van der Waals surface area (Å²) in [5.74, 6) is -1.32. The highest BCUT2D eigenvalue weighted by atomic mass is 19.4. The second-order valence-corrected chi connectivity index (χ2v) is 4.59. The van der Waals surface area contributed by atoms with Crippen LogP contribution in [0.1, 0.15) is 28.9 Å². The van der Waals surface area contributed by atoms with Crippen molar-refractivity contribution in [2.75, 3.05) is 6.61 Å². The Morgan fingerprint density at radius 2 is 2.11 bits per heavy atom. The molecule has 1 aromatic heterocycles. The van der Waals surface area contributed by atoms with Crippen LogP contribution in [-0.4, -0.2) is 34.1 Å². The first kappa shape index (κ1) is 13.6. The average Bonchev–Trinajstić information content (AvgIpc) is 3.07. The van der Waals surface area contributed by atoms with Gasteiger partial charge < -0.3 is 9.84 Å². The van der Waals surface area contributed by atoms with Crippen LogP contribution in [0.25, 0.3) is 0 Å². The fourth-order valence-corrected chi connectivity index (χ4v) is 1.59. The maximum atomic E-state index is 12.7. The van der Waals surface area contributed by atoms with Crippen molar-refractivity contribution in [1.82, 2.24) is 10.2 Å². The second-order valence-electron chi connectivity index (χ2n) is 4.59. The molecule has 1 aliphatic carbocycles. The van der Waals surface area contributed by atoms with E-state index in [1.165, 1.54) is 13.0 Å². The smallest absolute Gasteiger partial charge is 0.397 e. The van der Waals surface area contributed by atoms with Gasteiger partial charge in [-0.1, -0.05) is 0 Å². The van der Waals surface area contributed by atoms with E-state index in [-0.39, 0.29) is 24.4 Å². The summed E-state index contributed by atoms with van der Waals surface area (Å²) in [5, 5.41) is 15.5. The number of ether oxygens (including phenoxy) is 1. The molecule has 2 rings (SSSR count). The number of rotatable bonds is 4. The van der Waals surface area contributed by atoms with Gasteiger partial charge in [-0.05, 0) is 25.8 Å². The Balaban J connectivity index is 2.07. The molecular weight excluding hydrogens is 265 g/mol. The lowest BCUT2D eigenvalue weighted by molar-refractivity contribution is -0.194. The first-order chi connectivity index (χ1) is 8.75. The minimum atomic E-state index is -4.30. The predicted molar refractivity (Wildman–Crippen MR) is 56.9 cm³/mol. The van der Waals surface area contributed by atoms with Crippen LogP contribution in [0.3, 0.4) is 0 Å². The van der Waals surface area contributed by atoms with Crippen LogP contribution in [0.4, 0.5) is 13.2 Å². The molecule has 0 saturated heterocycles.